The Morgan fingerprint density at radius 2 is 2.10 bits per heavy atom. The van der Waals surface area contributed by atoms with E-state index in [1.165, 1.54) is 11.0 Å². The molecule has 0 aliphatic heterocycles. The molecule has 0 radical (unpaired) electrons. The Hall–Kier alpha value is -1.57. The van der Waals surface area contributed by atoms with Crippen LogP contribution < -0.4 is 10.6 Å². The van der Waals surface area contributed by atoms with Gasteiger partial charge >= 0.3 is 6.18 Å². The van der Waals surface area contributed by atoms with Gasteiger partial charge in [-0.05, 0) is 6.42 Å². The van der Waals surface area contributed by atoms with E-state index >= 15 is 0 Å². The number of anilines is 1. The smallest absolute Gasteiger partial charge is 0.368 e. The first-order valence-electron chi connectivity index (χ1n) is 5.89. The maximum absolute atomic E-state index is 12.6. The fourth-order valence-corrected chi connectivity index (χ4v) is 1.68. The second-order valence-electron chi connectivity index (χ2n) is 4.11. The minimum atomic E-state index is -4.71. The molecule has 0 unspecified atom stereocenters. The lowest BCUT2D eigenvalue weighted by atomic mass is 10.3. The number of rotatable bonds is 6. The summed E-state index contributed by atoms with van der Waals surface area (Å²) in [6, 6.07) is 1.18. The molecule has 20 heavy (non-hydrogen) atoms. The van der Waals surface area contributed by atoms with E-state index in [0.29, 0.717) is 13.0 Å². The average molecular weight is 311 g/mol. The zero-order valence-electron chi connectivity index (χ0n) is 10.7. The lowest BCUT2D eigenvalue weighted by Gasteiger charge is -2.22. The number of hydrogen-bond donors (Lipinski definition) is 1. The fourth-order valence-electron chi connectivity index (χ4n) is 1.51. The van der Waals surface area contributed by atoms with Crippen molar-refractivity contribution in [3.05, 3.63) is 17.0 Å². The molecule has 9 heteroatoms. The predicted molar refractivity (Wildman–Crippen MR) is 68.4 cm³/mol. The van der Waals surface area contributed by atoms with Crippen molar-refractivity contribution in [1.29, 1.82) is 0 Å². The van der Waals surface area contributed by atoms with Crippen molar-refractivity contribution in [2.24, 2.45) is 5.73 Å². The normalized spacial score (nSPS) is 11.4. The van der Waals surface area contributed by atoms with Crippen LogP contribution in [0.5, 0.6) is 0 Å². The van der Waals surface area contributed by atoms with Crippen molar-refractivity contribution in [2.45, 2.75) is 25.9 Å². The summed E-state index contributed by atoms with van der Waals surface area (Å²) in [6.45, 7) is 2.03. The maximum atomic E-state index is 12.6. The molecule has 0 aromatic carbocycles. The number of aromatic nitrogens is 2. The highest BCUT2D eigenvalue weighted by Crippen LogP contribution is 2.29. The molecule has 0 fully saturated rings. The van der Waals surface area contributed by atoms with Crippen LogP contribution in [0.25, 0.3) is 0 Å². The molecule has 2 N–H and O–H groups in total. The Morgan fingerprint density at radius 1 is 1.45 bits per heavy atom. The van der Waals surface area contributed by atoms with E-state index in [-0.39, 0.29) is 17.5 Å². The van der Waals surface area contributed by atoms with Crippen molar-refractivity contribution >= 4 is 23.3 Å². The summed E-state index contributed by atoms with van der Waals surface area (Å²) in [6.07, 6.45) is -3.22. The van der Waals surface area contributed by atoms with Gasteiger partial charge in [0.25, 0.3) is 0 Å². The highest BCUT2D eigenvalue weighted by molar-refractivity contribution is 6.29. The Bertz CT molecular complexity index is 481. The van der Waals surface area contributed by atoms with Gasteiger partial charge in [-0.25, -0.2) is 9.97 Å². The number of halogens is 4. The lowest BCUT2D eigenvalue weighted by Crippen LogP contribution is -2.35. The van der Waals surface area contributed by atoms with Crippen LogP contribution in [0.2, 0.25) is 5.15 Å². The molecule has 1 aromatic rings. The van der Waals surface area contributed by atoms with Crippen LogP contribution in [0.4, 0.5) is 19.0 Å². The van der Waals surface area contributed by atoms with Crippen LogP contribution in [0.15, 0.2) is 6.07 Å². The Balaban J connectivity index is 3.11. The lowest BCUT2D eigenvalue weighted by molar-refractivity contribution is -0.144. The van der Waals surface area contributed by atoms with Crippen LogP contribution in [-0.2, 0) is 11.0 Å². The zero-order valence-corrected chi connectivity index (χ0v) is 11.5. The molecule has 1 rings (SSSR count). The molecule has 0 saturated carbocycles. The number of carbonyl (C=O) groups is 1. The Kier molecular flexibility index (Phi) is 5.55. The molecule has 0 spiro atoms. The monoisotopic (exact) mass is 310 g/mol. The predicted octanol–water partition coefficient (Wildman–Crippen LogP) is 2.24. The first kappa shape index (κ1) is 16.5. The highest BCUT2D eigenvalue weighted by atomic mass is 35.5. The van der Waals surface area contributed by atoms with Gasteiger partial charge in [0, 0.05) is 12.6 Å². The van der Waals surface area contributed by atoms with E-state index in [1.807, 2.05) is 6.92 Å². The number of unbranched alkanes of at least 4 members (excludes halogenated alkanes) is 1. The van der Waals surface area contributed by atoms with Gasteiger partial charge in [-0.1, -0.05) is 24.9 Å². The number of carbonyl (C=O) groups excluding carboxylic acids is 1. The molecule has 0 aliphatic rings. The van der Waals surface area contributed by atoms with Crippen LogP contribution in [0.3, 0.4) is 0 Å². The number of hydrogen-bond acceptors (Lipinski definition) is 4. The summed E-state index contributed by atoms with van der Waals surface area (Å²) < 4.78 is 37.9. The second-order valence-corrected chi connectivity index (χ2v) is 4.50. The van der Waals surface area contributed by atoms with Gasteiger partial charge in [-0.3, -0.25) is 4.79 Å². The van der Waals surface area contributed by atoms with Gasteiger partial charge in [0.15, 0.2) is 0 Å². The van der Waals surface area contributed by atoms with Gasteiger partial charge < -0.3 is 10.6 Å². The number of nitrogens with two attached hydrogens (primary N) is 1. The molecule has 1 aromatic heterocycles. The number of alkyl halides is 3. The molecule has 0 aliphatic carbocycles. The van der Waals surface area contributed by atoms with Gasteiger partial charge in [-0.15, -0.1) is 0 Å². The summed E-state index contributed by atoms with van der Waals surface area (Å²) in [5.74, 6) is -2.07. The second kappa shape index (κ2) is 6.74. The Morgan fingerprint density at radius 3 is 2.60 bits per heavy atom. The van der Waals surface area contributed by atoms with E-state index in [4.69, 9.17) is 17.3 Å². The third-order valence-corrected chi connectivity index (χ3v) is 2.58. The van der Waals surface area contributed by atoms with Gasteiger partial charge in [-0.2, -0.15) is 13.2 Å². The molecule has 112 valence electrons. The van der Waals surface area contributed by atoms with Gasteiger partial charge in [0.2, 0.25) is 11.7 Å². The minimum Gasteiger partial charge on any atom is -0.368 e. The fraction of sp³-hybridized carbons (Fsp3) is 0.545. The molecule has 1 amide bonds. The third-order valence-electron chi connectivity index (χ3n) is 2.39. The standard InChI is InChI=1S/C11H14ClF3N4O/c1-2-3-4-19(6-8(16)20)9-5-7(12)17-10(18-9)11(13,14)15/h5H,2-4,6H2,1H3,(H2,16,20). The largest absolute Gasteiger partial charge is 0.451 e. The van der Waals surface area contributed by atoms with Crippen LogP contribution in [0.1, 0.15) is 25.6 Å². The summed E-state index contributed by atoms with van der Waals surface area (Å²) in [7, 11) is 0. The first-order valence-corrected chi connectivity index (χ1v) is 6.27. The van der Waals surface area contributed by atoms with E-state index in [1.54, 1.807) is 0 Å². The van der Waals surface area contributed by atoms with E-state index < -0.39 is 17.9 Å². The Labute approximate surface area is 118 Å². The molecule has 0 bridgehead atoms. The van der Waals surface area contributed by atoms with Gasteiger partial charge in [0.1, 0.15) is 11.0 Å². The highest BCUT2D eigenvalue weighted by Gasteiger charge is 2.35. The molecule has 1 heterocycles. The van der Waals surface area contributed by atoms with Crippen molar-refractivity contribution in [3.63, 3.8) is 0 Å². The molecular formula is C11H14ClF3N4O. The number of nitrogens with zero attached hydrogens (tertiary/aromatic N) is 3. The van der Waals surface area contributed by atoms with Gasteiger partial charge in [0.05, 0.1) is 6.54 Å². The minimum absolute atomic E-state index is 0.0652. The third kappa shape index (κ3) is 4.84. The van der Waals surface area contributed by atoms with Crippen molar-refractivity contribution in [1.82, 2.24) is 9.97 Å². The van der Waals surface area contributed by atoms with Crippen molar-refractivity contribution in [3.8, 4) is 0 Å². The topological polar surface area (TPSA) is 72.1 Å². The van der Waals surface area contributed by atoms with Crippen molar-refractivity contribution in [2.75, 3.05) is 18.0 Å². The summed E-state index contributed by atoms with van der Waals surface area (Å²) in [5, 5.41) is -0.340. The molecule has 0 saturated heterocycles. The average Bonchev–Trinajstić information content (AvgIpc) is 2.32. The zero-order chi connectivity index (χ0) is 15.3. The number of primary amides is 1. The number of amides is 1. The van der Waals surface area contributed by atoms with Crippen LogP contribution in [-0.4, -0.2) is 29.0 Å². The summed E-state index contributed by atoms with van der Waals surface area (Å²) in [4.78, 5) is 18.9. The van der Waals surface area contributed by atoms with E-state index in [2.05, 4.69) is 9.97 Å². The molecule has 0 atom stereocenters. The van der Waals surface area contributed by atoms with E-state index in [0.717, 1.165) is 6.42 Å². The summed E-state index contributed by atoms with van der Waals surface area (Å²) in [5.41, 5.74) is 5.09. The summed E-state index contributed by atoms with van der Waals surface area (Å²) >= 11 is 5.58. The van der Waals surface area contributed by atoms with Crippen LogP contribution >= 0.6 is 11.6 Å². The quantitative estimate of drug-likeness (QED) is 0.818. The van der Waals surface area contributed by atoms with Crippen molar-refractivity contribution < 1.29 is 18.0 Å². The van der Waals surface area contributed by atoms with Crippen LogP contribution in [0, 0.1) is 0 Å². The van der Waals surface area contributed by atoms with E-state index in [9.17, 15) is 18.0 Å². The maximum Gasteiger partial charge on any atom is 0.451 e. The molecular weight excluding hydrogens is 297 g/mol. The SMILES string of the molecule is CCCCN(CC(N)=O)c1cc(Cl)nc(C(F)(F)F)n1. The first-order chi connectivity index (χ1) is 9.24. The molecule has 5 nitrogen and oxygen atoms in total.